The Hall–Kier alpha value is -3.43. The molecule has 0 aliphatic carbocycles. The van der Waals surface area contributed by atoms with E-state index in [1.807, 2.05) is 31.2 Å². The molecule has 1 aliphatic rings. The molecular weight excluding hydrogens is 494 g/mol. The first kappa shape index (κ1) is 25.7. The maximum absolute atomic E-state index is 13.2. The number of carbonyl (C=O) groups excluding carboxylic acids is 1. The number of fused-ring (bicyclic) bond motifs is 1. The van der Waals surface area contributed by atoms with Gasteiger partial charge < -0.3 is 10.1 Å². The number of hydrogen-bond donors (Lipinski definition) is 2. The molecular formula is C27H29N3O4S2. The lowest BCUT2D eigenvalue weighted by Gasteiger charge is -2.19. The van der Waals surface area contributed by atoms with Crippen LogP contribution >= 0.6 is 12.2 Å². The topological polar surface area (TPSA) is 87.7 Å². The van der Waals surface area contributed by atoms with Gasteiger partial charge >= 0.3 is 0 Å². The monoisotopic (exact) mass is 523 g/mol. The Kier molecular flexibility index (Phi) is 7.91. The SMILES string of the molecule is CCCC(C)Oc1ccc(C(=O)NC(=S)Nc2ccc(S(=O)(=O)N3CCc4ccccc43)cc2)cc1. The van der Waals surface area contributed by atoms with Crippen molar-refractivity contribution in [3.8, 4) is 5.75 Å². The molecule has 1 atom stereocenters. The van der Waals surface area contributed by atoms with Crippen LogP contribution in [0, 0.1) is 0 Å². The fraction of sp³-hybridized carbons (Fsp3) is 0.259. The van der Waals surface area contributed by atoms with E-state index in [9.17, 15) is 13.2 Å². The van der Waals surface area contributed by atoms with E-state index < -0.39 is 10.0 Å². The van der Waals surface area contributed by atoms with Crippen molar-refractivity contribution < 1.29 is 17.9 Å². The van der Waals surface area contributed by atoms with Crippen molar-refractivity contribution in [1.29, 1.82) is 0 Å². The van der Waals surface area contributed by atoms with E-state index in [1.54, 1.807) is 36.4 Å². The molecule has 7 nitrogen and oxygen atoms in total. The van der Waals surface area contributed by atoms with Gasteiger partial charge in [0.1, 0.15) is 5.75 Å². The summed E-state index contributed by atoms with van der Waals surface area (Å²) in [6.45, 7) is 4.54. The van der Waals surface area contributed by atoms with Crippen molar-refractivity contribution in [3.05, 3.63) is 83.9 Å². The van der Waals surface area contributed by atoms with Gasteiger partial charge in [0.25, 0.3) is 15.9 Å². The third kappa shape index (κ3) is 5.85. The van der Waals surface area contributed by atoms with Gasteiger partial charge in [-0.2, -0.15) is 0 Å². The van der Waals surface area contributed by atoms with Gasteiger partial charge in [-0.15, -0.1) is 0 Å². The van der Waals surface area contributed by atoms with Crippen LogP contribution in [0.1, 0.15) is 42.6 Å². The van der Waals surface area contributed by atoms with Crippen LogP contribution < -0.4 is 19.7 Å². The first-order chi connectivity index (χ1) is 17.3. The zero-order valence-corrected chi connectivity index (χ0v) is 21.9. The van der Waals surface area contributed by atoms with E-state index >= 15 is 0 Å². The average molecular weight is 524 g/mol. The van der Waals surface area contributed by atoms with Crippen LogP contribution in [0.5, 0.6) is 5.75 Å². The number of hydrogen-bond acceptors (Lipinski definition) is 5. The van der Waals surface area contributed by atoms with E-state index in [0.29, 0.717) is 30.0 Å². The lowest BCUT2D eigenvalue weighted by molar-refractivity contribution is 0.0977. The fourth-order valence-corrected chi connectivity index (χ4v) is 5.83. The van der Waals surface area contributed by atoms with Gasteiger partial charge in [0.2, 0.25) is 0 Å². The molecule has 4 rings (SSSR count). The summed E-state index contributed by atoms with van der Waals surface area (Å²) in [5, 5.41) is 5.68. The minimum atomic E-state index is -3.67. The first-order valence-electron chi connectivity index (χ1n) is 11.9. The maximum atomic E-state index is 13.2. The van der Waals surface area contributed by atoms with E-state index in [2.05, 4.69) is 17.6 Å². The molecule has 0 spiro atoms. The highest BCUT2D eigenvalue weighted by molar-refractivity contribution is 7.92. The molecule has 1 unspecified atom stereocenters. The number of carbonyl (C=O) groups is 1. The maximum Gasteiger partial charge on any atom is 0.264 e. The van der Waals surface area contributed by atoms with Gasteiger partial charge in [0.15, 0.2) is 5.11 Å². The predicted octanol–water partition coefficient (Wildman–Crippen LogP) is 5.13. The number of thiocarbonyl (C=S) groups is 1. The number of sulfonamides is 1. The van der Waals surface area contributed by atoms with Crippen molar-refractivity contribution in [2.45, 2.75) is 44.1 Å². The Morgan fingerprint density at radius 3 is 2.44 bits per heavy atom. The van der Waals surface area contributed by atoms with Gasteiger partial charge in [0.05, 0.1) is 16.7 Å². The summed E-state index contributed by atoms with van der Waals surface area (Å²) in [6.07, 6.45) is 2.80. The lowest BCUT2D eigenvalue weighted by atomic mass is 10.2. The fourth-order valence-electron chi connectivity index (χ4n) is 4.12. The molecule has 0 bridgehead atoms. The normalized spacial score (nSPS) is 13.6. The predicted molar refractivity (Wildman–Crippen MR) is 146 cm³/mol. The van der Waals surface area contributed by atoms with E-state index in [0.717, 1.165) is 24.1 Å². The zero-order chi connectivity index (χ0) is 25.7. The van der Waals surface area contributed by atoms with Crippen LogP contribution in [0.25, 0.3) is 0 Å². The van der Waals surface area contributed by atoms with Crippen LogP contribution in [-0.4, -0.2) is 32.1 Å². The first-order valence-corrected chi connectivity index (χ1v) is 13.7. The van der Waals surface area contributed by atoms with E-state index in [1.165, 1.54) is 16.4 Å². The largest absolute Gasteiger partial charge is 0.491 e. The quantitative estimate of drug-likeness (QED) is 0.398. The number of anilines is 2. The second kappa shape index (κ2) is 11.1. The molecule has 0 saturated carbocycles. The molecule has 2 N–H and O–H groups in total. The van der Waals surface area contributed by atoms with Crippen LogP contribution in [0.3, 0.4) is 0 Å². The number of rotatable bonds is 8. The van der Waals surface area contributed by atoms with E-state index in [4.69, 9.17) is 17.0 Å². The molecule has 36 heavy (non-hydrogen) atoms. The molecule has 0 saturated heterocycles. The van der Waals surface area contributed by atoms with Crippen LogP contribution in [0.15, 0.2) is 77.7 Å². The summed E-state index contributed by atoms with van der Waals surface area (Å²) in [7, 11) is -3.67. The van der Waals surface area contributed by atoms with Crippen molar-refractivity contribution in [2.24, 2.45) is 0 Å². The third-order valence-electron chi connectivity index (χ3n) is 5.92. The minimum absolute atomic E-state index is 0.110. The number of ether oxygens (including phenoxy) is 1. The van der Waals surface area contributed by atoms with Gasteiger partial charge in [0, 0.05) is 17.8 Å². The molecule has 188 valence electrons. The molecule has 0 aromatic heterocycles. The zero-order valence-electron chi connectivity index (χ0n) is 20.2. The number of nitrogens with one attached hydrogen (secondary N) is 2. The second-order valence-electron chi connectivity index (χ2n) is 8.63. The van der Waals surface area contributed by atoms with E-state index in [-0.39, 0.29) is 22.0 Å². The van der Waals surface area contributed by atoms with Gasteiger partial charge in [-0.1, -0.05) is 31.5 Å². The second-order valence-corrected chi connectivity index (χ2v) is 10.9. The Labute approximate surface area is 217 Å². The minimum Gasteiger partial charge on any atom is -0.491 e. The Morgan fingerprint density at radius 1 is 1.06 bits per heavy atom. The molecule has 1 heterocycles. The van der Waals surface area contributed by atoms with Gasteiger partial charge in [-0.25, -0.2) is 8.42 Å². The average Bonchev–Trinajstić information content (AvgIpc) is 3.30. The Morgan fingerprint density at radius 2 is 1.75 bits per heavy atom. The van der Waals surface area contributed by atoms with Crippen molar-refractivity contribution in [2.75, 3.05) is 16.2 Å². The molecule has 1 amide bonds. The number of para-hydroxylation sites is 1. The van der Waals surface area contributed by atoms with Gasteiger partial charge in [-0.05, 0) is 92.1 Å². The Balaban J connectivity index is 1.35. The number of benzene rings is 3. The third-order valence-corrected chi connectivity index (χ3v) is 7.95. The molecule has 3 aromatic carbocycles. The lowest BCUT2D eigenvalue weighted by Crippen LogP contribution is -2.34. The number of amides is 1. The number of nitrogens with zero attached hydrogens (tertiary/aromatic N) is 1. The summed E-state index contributed by atoms with van der Waals surface area (Å²) >= 11 is 5.27. The smallest absolute Gasteiger partial charge is 0.264 e. The summed E-state index contributed by atoms with van der Waals surface area (Å²) in [4.78, 5) is 12.7. The van der Waals surface area contributed by atoms with Crippen LogP contribution in [-0.2, 0) is 16.4 Å². The standard InChI is InChI=1S/C27H29N3O4S2/c1-3-6-19(2)34-23-13-9-21(10-14-23)26(31)29-27(35)28-22-11-15-24(16-12-22)36(32,33)30-18-17-20-7-4-5-8-25(20)30/h4-5,7-16,19H,3,6,17-18H2,1-2H3,(H2,28,29,31,35). The van der Waals surface area contributed by atoms with Crippen LogP contribution in [0.2, 0.25) is 0 Å². The molecule has 9 heteroatoms. The molecule has 0 fully saturated rings. The summed E-state index contributed by atoms with van der Waals surface area (Å²) in [5.74, 6) is 0.355. The molecule has 3 aromatic rings. The van der Waals surface area contributed by atoms with Crippen molar-refractivity contribution in [1.82, 2.24) is 5.32 Å². The van der Waals surface area contributed by atoms with Crippen LogP contribution in [0.4, 0.5) is 11.4 Å². The summed E-state index contributed by atoms with van der Waals surface area (Å²) in [5.41, 5.74) is 2.75. The van der Waals surface area contributed by atoms with Crippen molar-refractivity contribution in [3.63, 3.8) is 0 Å². The highest BCUT2D eigenvalue weighted by Crippen LogP contribution is 2.32. The van der Waals surface area contributed by atoms with Gasteiger partial charge in [-0.3, -0.25) is 14.4 Å². The highest BCUT2D eigenvalue weighted by atomic mass is 32.2. The van der Waals surface area contributed by atoms with Crippen molar-refractivity contribution >= 4 is 44.6 Å². The highest BCUT2D eigenvalue weighted by Gasteiger charge is 2.30. The summed E-state index contributed by atoms with van der Waals surface area (Å²) < 4.78 is 33.6. The summed E-state index contributed by atoms with van der Waals surface area (Å²) in [6, 6.07) is 20.7. The molecule has 1 aliphatic heterocycles. The Bertz CT molecular complexity index is 1340. The molecule has 0 radical (unpaired) electrons.